The van der Waals surface area contributed by atoms with Gasteiger partial charge in [0, 0.05) is 38.4 Å². The zero-order valence-corrected chi connectivity index (χ0v) is 30.7. The predicted molar refractivity (Wildman–Crippen MR) is 196 cm³/mol. The van der Waals surface area contributed by atoms with Gasteiger partial charge in [-0.1, -0.05) is 68.4 Å². The Morgan fingerprint density at radius 3 is 2.27 bits per heavy atom. The molecule has 5 unspecified atom stereocenters. The molecule has 1 fully saturated rings. The number of aliphatic hydroxyl groups is 2. The zero-order chi connectivity index (χ0) is 38.5. The van der Waals surface area contributed by atoms with E-state index in [1.165, 1.54) is 21.1 Å². The third kappa shape index (κ3) is 15.0. The van der Waals surface area contributed by atoms with Gasteiger partial charge in [0.1, 0.15) is 18.9 Å². The van der Waals surface area contributed by atoms with Gasteiger partial charge in [-0.05, 0) is 31.4 Å². The quantitative estimate of drug-likeness (QED) is 0.126. The highest BCUT2D eigenvalue weighted by Gasteiger charge is 2.37. The standard InChI is InChI=1S/C37H50FN5O5S.CH2F2/c1-5-13-32(44)35(46)30(21-27-16-11-8-12-17-27)40-37(48)34(29(6-2)31-23-49-25-39-31)41-36(47)28(20-26-14-9-7-10-15-26)22-33(45)43(4)19-18-42(3)24-38;2-1-3/h1-2,7,9-10,14-15,23,25,27-30,32,34-35,44,46H,8,11-13,16-22,24H2,3-4H3,(H,40,48)(H,41,47);1H2/t28?,29?,30?,32?,34-,35?;/m0./s1. The molecule has 1 aliphatic carbocycles. The predicted octanol–water partition coefficient (Wildman–Crippen LogP) is 3.99. The van der Waals surface area contributed by atoms with Gasteiger partial charge in [0.25, 0.3) is 0 Å². The second-order valence-electron chi connectivity index (χ2n) is 13.1. The fourth-order valence-corrected chi connectivity index (χ4v) is 6.77. The Morgan fingerprint density at radius 2 is 1.69 bits per heavy atom. The van der Waals surface area contributed by atoms with Gasteiger partial charge in [0.2, 0.25) is 24.6 Å². The van der Waals surface area contributed by atoms with E-state index in [4.69, 9.17) is 12.8 Å². The number of hydrogen-bond donors (Lipinski definition) is 4. The van der Waals surface area contributed by atoms with Gasteiger partial charge in [-0.2, -0.15) is 0 Å². The molecule has 1 aromatic heterocycles. The Bertz CT molecular complexity index is 1420. The van der Waals surface area contributed by atoms with Crippen LogP contribution in [0.15, 0.2) is 41.2 Å². The maximum absolute atomic E-state index is 14.2. The third-order valence-electron chi connectivity index (χ3n) is 9.20. The summed E-state index contributed by atoms with van der Waals surface area (Å²) in [5.74, 6) is 1.86. The van der Waals surface area contributed by atoms with Crippen molar-refractivity contribution in [3.63, 3.8) is 0 Å². The summed E-state index contributed by atoms with van der Waals surface area (Å²) in [5.41, 5.74) is 2.81. The first-order valence-corrected chi connectivity index (χ1v) is 18.3. The Labute approximate surface area is 309 Å². The molecule has 0 aliphatic heterocycles. The van der Waals surface area contributed by atoms with E-state index < -0.39 is 61.7 Å². The SMILES string of the molecule is C#CCC(O)C(O)C(CC1CCCCC1)NC(=O)[C@@H](NC(=O)C(CC(=O)N(C)CCN(C)CF)Cc1ccccc1)C(C#C)c1cscn1.FCF. The molecule has 10 nitrogen and oxygen atoms in total. The first kappa shape index (κ1) is 44.2. The first-order chi connectivity index (χ1) is 25.0. The lowest BCUT2D eigenvalue weighted by Gasteiger charge is -2.34. The fraction of sp³-hybridized carbons (Fsp3) is 0.579. The highest BCUT2D eigenvalue weighted by molar-refractivity contribution is 7.07. The van der Waals surface area contributed by atoms with Crippen molar-refractivity contribution < 1.29 is 37.8 Å². The van der Waals surface area contributed by atoms with Crippen molar-refractivity contribution in [3.8, 4) is 24.7 Å². The van der Waals surface area contributed by atoms with Gasteiger partial charge in [-0.15, -0.1) is 30.1 Å². The van der Waals surface area contributed by atoms with E-state index in [1.54, 1.807) is 25.0 Å². The summed E-state index contributed by atoms with van der Waals surface area (Å²) in [6.45, 7) is -1.82. The molecule has 1 aromatic carbocycles. The molecule has 0 saturated heterocycles. The number of carbonyl (C=O) groups excluding carboxylic acids is 3. The van der Waals surface area contributed by atoms with Crippen LogP contribution in [0.25, 0.3) is 0 Å². The normalized spacial score (nSPS) is 16.4. The van der Waals surface area contributed by atoms with Crippen molar-refractivity contribution in [2.45, 2.75) is 88.0 Å². The van der Waals surface area contributed by atoms with Gasteiger partial charge in [0.05, 0.1) is 35.2 Å². The summed E-state index contributed by atoms with van der Waals surface area (Å²) in [6.07, 6.45) is 14.2. The number of aromatic nitrogens is 1. The van der Waals surface area contributed by atoms with Crippen LogP contribution in [0.3, 0.4) is 0 Å². The highest BCUT2D eigenvalue weighted by Crippen LogP contribution is 2.29. The number of halogens is 3. The summed E-state index contributed by atoms with van der Waals surface area (Å²) in [7, 11) is 3.21. The molecule has 4 N–H and O–H groups in total. The number of likely N-dealkylation sites (N-methyl/N-ethyl adjacent to an activating group) is 2. The van der Waals surface area contributed by atoms with Crippen LogP contribution >= 0.6 is 11.3 Å². The van der Waals surface area contributed by atoms with E-state index in [1.807, 2.05) is 30.3 Å². The minimum Gasteiger partial charge on any atom is -0.389 e. The summed E-state index contributed by atoms with van der Waals surface area (Å²) in [6, 6.07) is 7.07. The Hall–Kier alpha value is -3.95. The van der Waals surface area contributed by atoms with Crippen LogP contribution in [0.4, 0.5) is 13.2 Å². The van der Waals surface area contributed by atoms with E-state index in [0.717, 1.165) is 37.7 Å². The molecule has 1 saturated carbocycles. The summed E-state index contributed by atoms with van der Waals surface area (Å²) >= 11 is 1.29. The smallest absolute Gasteiger partial charge is 0.244 e. The monoisotopic (exact) mass is 747 g/mol. The average molecular weight is 748 g/mol. The van der Waals surface area contributed by atoms with Gasteiger partial charge in [-0.3, -0.25) is 19.3 Å². The lowest BCUT2D eigenvalue weighted by atomic mass is 9.82. The topological polar surface area (TPSA) is 135 Å². The molecule has 6 atom stereocenters. The molecule has 3 rings (SSSR count). The summed E-state index contributed by atoms with van der Waals surface area (Å²) in [4.78, 5) is 48.9. The minimum absolute atomic E-state index is 0.0993. The number of rotatable bonds is 19. The van der Waals surface area contributed by atoms with E-state index in [2.05, 4.69) is 27.5 Å². The second-order valence-corrected chi connectivity index (χ2v) is 13.8. The molecule has 1 aliphatic rings. The number of carbonyl (C=O) groups is 3. The molecule has 2 aromatic rings. The molecular weight excluding hydrogens is 696 g/mol. The largest absolute Gasteiger partial charge is 0.389 e. The number of benzene rings is 1. The maximum Gasteiger partial charge on any atom is 0.244 e. The number of thiazole rings is 1. The number of aliphatic hydroxyl groups excluding tert-OH is 2. The van der Waals surface area contributed by atoms with Crippen LogP contribution in [-0.4, -0.2) is 108 Å². The van der Waals surface area contributed by atoms with Gasteiger partial charge in [0.15, 0.2) is 0 Å². The van der Waals surface area contributed by atoms with Crippen molar-refractivity contribution in [2.24, 2.45) is 11.8 Å². The molecular formula is C38H52F3N5O5S. The highest BCUT2D eigenvalue weighted by atomic mass is 32.1. The average Bonchev–Trinajstić information content (AvgIpc) is 3.68. The van der Waals surface area contributed by atoms with Crippen molar-refractivity contribution in [2.75, 3.05) is 40.9 Å². The molecule has 0 spiro atoms. The maximum atomic E-state index is 14.2. The lowest BCUT2D eigenvalue weighted by Crippen LogP contribution is -2.57. The Kier molecular flexibility index (Phi) is 20.7. The van der Waals surface area contributed by atoms with Crippen molar-refractivity contribution in [1.82, 2.24) is 25.4 Å². The van der Waals surface area contributed by atoms with Crippen LogP contribution in [0, 0.1) is 36.5 Å². The molecule has 286 valence electrons. The molecule has 52 heavy (non-hydrogen) atoms. The van der Waals surface area contributed by atoms with Crippen LogP contribution < -0.4 is 10.6 Å². The Balaban J connectivity index is 0.00000301. The number of nitrogens with one attached hydrogen (secondary N) is 2. The van der Waals surface area contributed by atoms with E-state index in [0.29, 0.717) is 18.7 Å². The number of hydrogen-bond acceptors (Lipinski definition) is 8. The zero-order valence-electron chi connectivity index (χ0n) is 29.9. The minimum atomic E-state index is -1.75. The first-order valence-electron chi connectivity index (χ1n) is 17.4. The van der Waals surface area contributed by atoms with Gasteiger partial charge >= 0.3 is 0 Å². The molecule has 14 heteroatoms. The van der Waals surface area contributed by atoms with Crippen LogP contribution in [-0.2, 0) is 20.8 Å². The molecule has 1 heterocycles. The van der Waals surface area contributed by atoms with Crippen LogP contribution in [0.5, 0.6) is 0 Å². The Morgan fingerprint density at radius 1 is 1.02 bits per heavy atom. The third-order valence-corrected chi connectivity index (χ3v) is 9.80. The molecule has 3 amide bonds. The van der Waals surface area contributed by atoms with Crippen LogP contribution in [0.2, 0.25) is 0 Å². The molecule has 0 bridgehead atoms. The second kappa shape index (κ2) is 24.3. The fourth-order valence-electron chi connectivity index (χ4n) is 6.18. The number of terminal acetylenes is 2. The number of alkyl halides is 3. The van der Waals surface area contributed by atoms with Gasteiger partial charge < -0.3 is 25.7 Å². The van der Waals surface area contributed by atoms with E-state index >= 15 is 0 Å². The summed E-state index contributed by atoms with van der Waals surface area (Å²) in [5, 5.41) is 29.3. The van der Waals surface area contributed by atoms with Crippen molar-refractivity contribution in [1.29, 1.82) is 0 Å². The van der Waals surface area contributed by atoms with E-state index in [9.17, 15) is 37.8 Å². The molecule has 0 radical (unpaired) electrons. The summed E-state index contributed by atoms with van der Waals surface area (Å²) < 4.78 is 32.2. The van der Waals surface area contributed by atoms with Crippen LogP contribution in [0.1, 0.15) is 68.5 Å². The number of amides is 3. The number of nitrogens with zero attached hydrogens (tertiary/aromatic N) is 3. The van der Waals surface area contributed by atoms with E-state index in [-0.39, 0.29) is 37.6 Å². The van der Waals surface area contributed by atoms with Gasteiger partial charge in [-0.25, -0.2) is 18.2 Å². The van der Waals surface area contributed by atoms with Crippen molar-refractivity contribution in [3.05, 3.63) is 52.5 Å². The lowest BCUT2D eigenvalue weighted by molar-refractivity contribution is -0.137. The van der Waals surface area contributed by atoms with Crippen molar-refractivity contribution >= 4 is 29.1 Å².